The van der Waals surface area contributed by atoms with Crippen molar-refractivity contribution in [2.45, 2.75) is 324 Å². The molecule has 0 radical (unpaired) electrons. The lowest BCUT2D eigenvalue weighted by Gasteiger charge is -2.22. The first-order valence-corrected chi connectivity index (χ1v) is 57.8. The minimum absolute atomic E-state index is 0.0600. The van der Waals surface area contributed by atoms with Crippen LogP contribution in [0.15, 0.2) is 205 Å². The van der Waals surface area contributed by atoms with E-state index < -0.39 is 42.8 Å². The van der Waals surface area contributed by atoms with Crippen molar-refractivity contribution >= 4 is 126 Å². The summed E-state index contributed by atoms with van der Waals surface area (Å²) in [5.41, 5.74) is 33.2. The molecule has 22 nitrogen and oxygen atoms in total. The molecular formula is C115H163BrCl4F3N15O7S3. The van der Waals surface area contributed by atoms with Crippen LogP contribution in [-0.2, 0) is 43.2 Å². The topological polar surface area (TPSA) is 279 Å². The van der Waals surface area contributed by atoms with Crippen LogP contribution in [0.4, 0.5) is 35.9 Å². The largest absolute Gasteiger partial charge is 0.496 e. The van der Waals surface area contributed by atoms with Crippen molar-refractivity contribution in [3.8, 4) is 5.75 Å². The van der Waals surface area contributed by atoms with Crippen LogP contribution in [-0.4, -0.2) is 103 Å². The summed E-state index contributed by atoms with van der Waals surface area (Å²) in [4.78, 5) is 11.5. The fourth-order valence-corrected chi connectivity index (χ4v) is 19.3. The zero-order valence-corrected chi connectivity index (χ0v) is 101. The number of aryl methyl sites for hydroxylation is 5. The van der Waals surface area contributed by atoms with Gasteiger partial charge in [0.1, 0.15) is 12.3 Å². The first-order chi connectivity index (χ1) is 68.6. The second kappa shape index (κ2) is 62.8. The molecule has 5 aromatic heterocycles. The molecule has 0 aliphatic carbocycles. The molecule has 1 saturated heterocycles. The van der Waals surface area contributed by atoms with Gasteiger partial charge in [-0.1, -0.05) is 292 Å². The van der Waals surface area contributed by atoms with Gasteiger partial charge < -0.3 is 10.1 Å². The molecule has 0 saturated carbocycles. The van der Waals surface area contributed by atoms with Crippen LogP contribution in [0.5, 0.6) is 5.75 Å². The molecule has 13 rings (SSSR count). The van der Waals surface area contributed by atoms with E-state index in [9.17, 15) is 38.4 Å². The Morgan fingerprint density at radius 3 is 1.41 bits per heavy atom. The van der Waals surface area contributed by atoms with E-state index >= 15 is 0 Å². The summed E-state index contributed by atoms with van der Waals surface area (Å²) in [5.74, 6) is 5.58. The van der Waals surface area contributed by atoms with Gasteiger partial charge in [-0.3, -0.25) is 28.1 Å². The van der Waals surface area contributed by atoms with Gasteiger partial charge in [0, 0.05) is 89.8 Å². The summed E-state index contributed by atoms with van der Waals surface area (Å²) in [7, 11) is -7.81. The molecule has 12 aromatic rings. The number of aromatic nitrogens is 8. The Labute approximate surface area is 912 Å². The molecule has 1 aliphatic heterocycles. The predicted octanol–water partition coefficient (Wildman–Crippen LogP) is 35.1. The molecule has 33 heteroatoms. The average molecular weight is 2240 g/mol. The lowest BCUT2D eigenvalue weighted by molar-refractivity contribution is -0.143. The van der Waals surface area contributed by atoms with Crippen molar-refractivity contribution in [1.29, 1.82) is 0 Å². The number of sulfonamides is 3. The van der Waals surface area contributed by atoms with Crippen LogP contribution in [0.3, 0.4) is 0 Å². The summed E-state index contributed by atoms with van der Waals surface area (Å²) >= 11 is 27.0. The zero-order chi connectivity index (χ0) is 113. The Kier molecular flexibility index (Phi) is 56.1. The summed E-state index contributed by atoms with van der Waals surface area (Å²) < 4.78 is 122. The SMILES string of the molecule is C=C(C)Nc1ccc(C)cc1C(C)C.CC(C)c1c(Cl)cnn1C(C)C.CC(C)c1cc(Br)ccc1NS(C)(=O)=O.CC(C)c1cc(Cl)ccc1CN=[N+]=[N-].CC(C)c1ccnn1CC(F)(F)F.CC(C)c1cnc2c(cnn2C(C)C)c1.COc1ccc(Cl)cc1C(C)C.Cc1ccc(Cl)cc1C(C)C.Cc1ccc(N2CCCS2(=O)=O)c(C(C)C)c1.Cc1ccc(NS(C)(=O)=O)c(C(C)C)c1.Cc1ccnc(C(C)C)c1. The summed E-state index contributed by atoms with van der Waals surface area (Å²) in [6.07, 6.45) is 7.67. The van der Waals surface area contributed by atoms with Crippen LogP contribution in [0.1, 0.15) is 366 Å². The minimum Gasteiger partial charge on any atom is -0.496 e. The first kappa shape index (κ1) is 132. The van der Waals surface area contributed by atoms with E-state index in [4.69, 9.17) is 56.7 Å². The van der Waals surface area contributed by atoms with Gasteiger partial charge in [-0.15, -0.1) is 0 Å². The van der Waals surface area contributed by atoms with Crippen LogP contribution in [0, 0.1) is 34.6 Å². The Morgan fingerprint density at radius 2 is 0.973 bits per heavy atom. The summed E-state index contributed by atoms with van der Waals surface area (Å²) in [6.45, 7) is 70.8. The number of ether oxygens (including phenoxy) is 1. The van der Waals surface area contributed by atoms with E-state index in [-0.39, 0.29) is 17.6 Å². The smallest absolute Gasteiger partial charge is 0.408 e. The summed E-state index contributed by atoms with van der Waals surface area (Å²) in [6, 6.07) is 49.8. The number of alkyl halides is 3. The second-order valence-electron chi connectivity index (χ2n) is 40.8. The van der Waals surface area contributed by atoms with Gasteiger partial charge in [-0.05, 0) is 311 Å². The standard InChI is InChI=1S/C13H19NO2S.C13H19N.C12H17N3.C11H17NO2S.C10H14BrNO2S.C10H12ClN3.C10H13ClO.C10H13Cl.C9H15ClN2.C9H13N.C8H11F3N2/c1-10(2)12-9-11(3)5-6-13(12)14-7-4-8-17(14,15)16;1-9(2)12-8-11(5)6-7-13(12)14-10(3)4;1-8(2)10-5-11-7-14-15(9(3)4)12(11)13-6-10;1-8(2)10-7-9(3)5-6-11(10)12-15(4,13)14;1-7(2)9-6-8(11)4-5-10(9)12-15(3,13)14;1-7(2)10-5-9(11)4-3-8(10)6-13-14-12;1-7(2)9-6-8(11)4-5-10(9)12-3;1-7(2)10-6-9(11)5-4-8(10)3;1-6(2)9-8(10)5-11-12(9)7(3)4;1-7(2)9-6-8(3)4-5-10-9;1-6(2)7-3-4-12-13(7)5-8(9,10)11/h5-6,9-10H,4,7-8H2,1-3H3;6-9,14H,3H2,1-2,4-5H3;5-9H,1-4H3;5-8,12H,1-4H3;4-7,12H,1-3H3;3-5,7H,6H2,1-2H3;4-7H,1-3H3;4-7H,1-3H3;5-7H,1-4H3;4-7H,1-3H3;3-4,6H,5H2,1-2H3. The van der Waals surface area contributed by atoms with E-state index in [0.717, 1.165) is 121 Å². The fraction of sp³-hybridized carbons (Fsp3) is 0.470. The van der Waals surface area contributed by atoms with Gasteiger partial charge >= 0.3 is 6.18 Å². The van der Waals surface area contributed by atoms with Gasteiger partial charge in [0.25, 0.3) is 0 Å². The number of nitrogens with zero attached hydrogens (tertiary/aromatic N) is 12. The quantitative estimate of drug-likeness (QED) is 0.0289. The van der Waals surface area contributed by atoms with E-state index in [1.54, 1.807) is 29.7 Å². The fourth-order valence-electron chi connectivity index (χ4n) is 15.2. The van der Waals surface area contributed by atoms with Gasteiger partial charge in [-0.25, -0.2) is 34.9 Å². The van der Waals surface area contributed by atoms with Crippen molar-refractivity contribution in [3.63, 3.8) is 0 Å². The van der Waals surface area contributed by atoms with Crippen molar-refractivity contribution in [2.75, 3.05) is 51.0 Å². The lowest BCUT2D eigenvalue weighted by Crippen LogP contribution is -2.26. The Bertz CT molecular complexity index is 6450. The lowest BCUT2D eigenvalue weighted by atomic mass is 9.97. The van der Waals surface area contributed by atoms with Crippen molar-refractivity contribution in [3.05, 3.63) is 325 Å². The van der Waals surface area contributed by atoms with Gasteiger partial charge in [0.05, 0.1) is 72.1 Å². The number of azide groups is 1. The van der Waals surface area contributed by atoms with Crippen LogP contribution in [0.2, 0.25) is 20.1 Å². The monoisotopic (exact) mass is 2240 g/mol. The Hall–Kier alpha value is -9.94. The molecule has 1 fully saturated rings. The molecular weight excluding hydrogens is 2080 g/mol. The number of halogens is 8. The average Bonchev–Trinajstić information content (AvgIpc) is 1.63. The number of fused-ring (bicyclic) bond motifs is 1. The second-order valence-corrected chi connectivity index (χ2v) is 48.9. The molecule has 3 N–H and O–H groups in total. The molecule has 6 heterocycles. The predicted molar refractivity (Wildman–Crippen MR) is 625 cm³/mol. The van der Waals surface area contributed by atoms with Crippen molar-refractivity contribution < 1.29 is 43.2 Å². The number of pyridine rings is 2. The highest BCUT2D eigenvalue weighted by molar-refractivity contribution is 9.10. The van der Waals surface area contributed by atoms with Crippen molar-refractivity contribution in [2.24, 2.45) is 5.11 Å². The van der Waals surface area contributed by atoms with E-state index in [2.05, 4.69) is 274 Å². The highest BCUT2D eigenvalue weighted by atomic mass is 79.9. The van der Waals surface area contributed by atoms with Gasteiger partial charge in [0.15, 0.2) is 5.65 Å². The third kappa shape index (κ3) is 46.9. The van der Waals surface area contributed by atoms with E-state index in [0.29, 0.717) is 95.5 Å². The minimum atomic E-state index is -4.20. The Balaban J connectivity index is 0.000000419. The van der Waals surface area contributed by atoms with Crippen molar-refractivity contribution in [1.82, 2.24) is 39.3 Å². The molecule has 148 heavy (non-hydrogen) atoms. The highest BCUT2D eigenvalue weighted by Gasteiger charge is 2.32. The van der Waals surface area contributed by atoms with Gasteiger partial charge in [0.2, 0.25) is 30.1 Å². The molecule has 0 unspecified atom stereocenters. The zero-order valence-electron chi connectivity index (χ0n) is 93.5. The molecule has 7 aromatic carbocycles. The number of allylic oxidation sites excluding steroid dienone is 1. The molecule has 814 valence electrons. The summed E-state index contributed by atoms with van der Waals surface area (Å²) in [5, 5.41) is 23.3. The number of anilines is 4. The normalized spacial score (nSPS) is 12.1. The van der Waals surface area contributed by atoms with Gasteiger partial charge in [-0.2, -0.15) is 28.5 Å². The number of nitrogens with one attached hydrogen (secondary N) is 3. The maximum atomic E-state index is 12.0. The number of hydrogen-bond donors (Lipinski definition) is 3. The third-order valence-electron chi connectivity index (χ3n) is 22.7. The third-order valence-corrected chi connectivity index (χ3v) is 27.3. The number of rotatable bonds is 24. The van der Waals surface area contributed by atoms with E-state index in [1.807, 2.05) is 187 Å². The molecule has 0 atom stereocenters. The van der Waals surface area contributed by atoms with E-state index in [1.165, 1.54) is 56.5 Å². The van der Waals surface area contributed by atoms with Crippen LogP contribution < -0.4 is 23.8 Å². The van der Waals surface area contributed by atoms with Crippen LogP contribution in [0.25, 0.3) is 21.5 Å². The maximum Gasteiger partial charge on any atom is 0.408 e. The number of benzene rings is 7. The number of methoxy groups -OCH3 is 1. The molecule has 1 aliphatic rings. The number of hydrogen-bond acceptors (Lipinski definition) is 14. The molecule has 0 spiro atoms. The maximum absolute atomic E-state index is 12.0. The molecule has 0 amide bonds. The highest BCUT2D eigenvalue weighted by Crippen LogP contribution is 2.37. The Morgan fingerprint density at radius 1 is 0.507 bits per heavy atom. The first-order valence-electron chi connectivity index (χ1n) is 50.1. The van der Waals surface area contributed by atoms with Crippen LogP contribution >= 0.6 is 62.3 Å². The molecule has 0 bridgehead atoms.